The van der Waals surface area contributed by atoms with Crippen molar-refractivity contribution >= 4 is 28.8 Å². The van der Waals surface area contributed by atoms with Gasteiger partial charge in [-0.2, -0.15) is 0 Å². The summed E-state index contributed by atoms with van der Waals surface area (Å²) in [7, 11) is 0. The summed E-state index contributed by atoms with van der Waals surface area (Å²) in [6, 6.07) is 5.32. The van der Waals surface area contributed by atoms with Gasteiger partial charge in [-0.15, -0.1) is 0 Å². The summed E-state index contributed by atoms with van der Waals surface area (Å²) < 4.78 is 5.65. The Labute approximate surface area is 99.4 Å². The Morgan fingerprint density at radius 1 is 1.53 bits per heavy atom. The molecule has 0 spiro atoms. The van der Waals surface area contributed by atoms with Crippen LogP contribution in [0.1, 0.15) is 18.4 Å². The van der Waals surface area contributed by atoms with Gasteiger partial charge in [0.1, 0.15) is 10.7 Å². The summed E-state index contributed by atoms with van der Waals surface area (Å²) in [6.07, 6.45) is 2.51. The molecule has 1 aromatic rings. The van der Waals surface area contributed by atoms with E-state index < -0.39 is 0 Å². The Balaban J connectivity index is 2.16. The fourth-order valence-corrected chi connectivity index (χ4v) is 1.64. The van der Waals surface area contributed by atoms with E-state index in [0.717, 1.165) is 12.2 Å². The van der Waals surface area contributed by atoms with Crippen LogP contribution in [0.2, 0.25) is 5.02 Å². The molecule has 80 valence electrons. The molecule has 4 heteroatoms. The third-order valence-electron chi connectivity index (χ3n) is 2.38. The third kappa shape index (κ3) is 2.83. The second-order valence-corrected chi connectivity index (χ2v) is 4.64. The molecule has 0 unspecified atom stereocenters. The van der Waals surface area contributed by atoms with Gasteiger partial charge in [0, 0.05) is 5.02 Å². The molecule has 0 radical (unpaired) electrons. The SMILES string of the molecule is NC(=S)c1ccc(Cl)cc1OCC1CC1. The molecule has 0 bridgehead atoms. The standard InChI is InChI=1S/C11H12ClNOS/c12-8-3-4-9(11(13)15)10(5-8)14-6-7-1-2-7/h3-5,7H,1-2,6H2,(H2,13,15). The summed E-state index contributed by atoms with van der Waals surface area (Å²) in [4.78, 5) is 0.345. The van der Waals surface area contributed by atoms with Gasteiger partial charge in [0.2, 0.25) is 0 Å². The molecule has 2 rings (SSSR count). The van der Waals surface area contributed by atoms with Crippen molar-refractivity contribution in [3.8, 4) is 5.75 Å². The Hall–Kier alpha value is -0.800. The number of hydrogen-bond donors (Lipinski definition) is 1. The van der Waals surface area contributed by atoms with E-state index >= 15 is 0 Å². The van der Waals surface area contributed by atoms with E-state index in [0.29, 0.717) is 21.7 Å². The van der Waals surface area contributed by atoms with Crippen LogP contribution in [0.3, 0.4) is 0 Å². The number of halogens is 1. The van der Waals surface area contributed by atoms with Crippen molar-refractivity contribution in [2.24, 2.45) is 11.7 Å². The zero-order chi connectivity index (χ0) is 10.8. The molecule has 1 aliphatic carbocycles. The van der Waals surface area contributed by atoms with Gasteiger partial charge < -0.3 is 10.5 Å². The Morgan fingerprint density at radius 2 is 2.27 bits per heavy atom. The predicted molar refractivity (Wildman–Crippen MR) is 65.6 cm³/mol. The van der Waals surface area contributed by atoms with Gasteiger partial charge in [0.05, 0.1) is 12.2 Å². The largest absolute Gasteiger partial charge is 0.493 e. The highest BCUT2D eigenvalue weighted by Gasteiger charge is 2.22. The van der Waals surface area contributed by atoms with Crippen LogP contribution < -0.4 is 10.5 Å². The number of hydrogen-bond acceptors (Lipinski definition) is 2. The minimum Gasteiger partial charge on any atom is -0.493 e. The first-order chi connectivity index (χ1) is 7.16. The molecular formula is C11H12ClNOS. The van der Waals surface area contributed by atoms with Crippen molar-refractivity contribution in [3.63, 3.8) is 0 Å². The van der Waals surface area contributed by atoms with E-state index in [1.807, 2.05) is 0 Å². The second kappa shape index (κ2) is 4.37. The molecule has 2 N–H and O–H groups in total. The molecule has 1 fully saturated rings. The molecule has 15 heavy (non-hydrogen) atoms. The first-order valence-electron chi connectivity index (χ1n) is 4.89. The summed E-state index contributed by atoms with van der Waals surface area (Å²) in [5.74, 6) is 1.39. The molecule has 0 saturated heterocycles. The molecule has 0 aliphatic heterocycles. The third-order valence-corrected chi connectivity index (χ3v) is 2.84. The fraction of sp³-hybridized carbons (Fsp3) is 0.364. The quantitative estimate of drug-likeness (QED) is 0.824. The van der Waals surface area contributed by atoms with Crippen LogP contribution in [-0.2, 0) is 0 Å². The number of nitrogens with two attached hydrogens (primary N) is 1. The maximum absolute atomic E-state index is 5.89. The number of thiocarbonyl (C=S) groups is 1. The van der Waals surface area contributed by atoms with E-state index in [1.165, 1.54) is 12.8 Å². The van der Waals surface area contributed by atoms with Crippen LogP contribution >= 0.6 is 23.8 Å². The van der Waals surface area contributed by atoms with Crippen molar-refractivity contribution in [1.82, 2.24) is 0 Å². The van der Waals surface area contributed by atoms with E-state index in [-0.39, 0.29) is 0 Å². The maximum atomic E-state index is 5.89. The van der Waals surface area contributed by atoms with Gasteiger partial charge in [0.15, 0.2) is 0 Å². The zero-order valence-corrected chi connectivity index (χ0v) is 9.77. The van der Waals surface area contributed by atoms with Crippen molar-refractivity contribution in [1.29, 1.82) is 0 Å². The van der Waals surface area contributed by atoms with Crippen LogP contribution in [-0.4, -0.2) is 11.6 Å². The van der Waals surface area contributed by atoms with Crippen LogP contribution in [0.15, 0.2) is 18.2 Å². The van der Waals surface area contributed by atoms with Crippen LogP contribution in [0.4, 0.5) is 0 Å². The molecule has 1 aromatic carbocycles. The summed E-state index contributed by atoms with van der Waals surface area (Å²) in [6.45, 7) is 0.732. The van der Waals surface area contributed by atoms with Gasteiger partial charge in [-0.3, -0.25) is 0 Å². The van der Waals surface area contributed by atoms with Crippen molar-refractivity contribution in [2.45, 2.75) is 12.8 Å². The number of ether oxygens (including phenoxy) is 1. The van der Waals surface area contributed by atoms with Gasteiger partial charge >= 0.3 is 0 Å². The van der Waals surface area contributed by atoms with Crippen molar-refractivity contribution in [3.05, 3.63) is 28.8 Å². The van der Waals surface area contributed by atoms with Gasteiger partial charge in [-0.05, 0) is 37.0 Å². The van der Waals surface area contributed by atoms with E-state index in [9.17, 15) is 0 Å². The average Bonchev–Trinajstić information content (AvgIpc) is 2.97. The molecule has 2 nitrogen and oxygen atoms in total. The molecule has 0 aromatic heterocycles. The Morgan fingerprint density at radius 3 is 2.87 bits per heavy atom. The first-order valence-corrected chi connectivity index (χ1v) is 5.67. The highest BCUT2D eigenvalue weighted by molar-refractivity contribution is 7.80. The highest BCUT2D eigenvalue weighted by atomic mass is 35.5. The van der Waals surface area contributed by atoms with E-state index in [1.54, 1.807) is 18.2 Å². The minimum absolute atomic E-state index is 0.345. The first kappa shape index (κ1) is 10.7. The smallest absolute Gasteiger partial charge is 0.130 e. The van der Waals surface area contributed by atoms with E-state index in [2.05, 4.69) is 0 Å². The normalized spacial score (nSPS) is 15.0. The molecule has 0 atom stereocenters. The fourth-order valence-electron chi connectivity index (χ4n) is 1.31. The maximum Gasteiger partial charge on any atom is 0.130 e. The Bertz CT molecular complexity index is 390. The lowest BCUT2D eigenvalue weighted by Crippen LogP contribution is -2.12. The topological polar surface area (TPSA) is 35.2 Å². The zero-order valence-electron chi connectivity index (χ0n) is 8.20. The highest BCUT2D eigenvalue weighted by Crippen LogP contribution is 2.31. The van der Waals surface area contributed by atoms with Gasteiger partial charge in [-0.25, -0.2) is 0 Å². The minimum atomic E-state index is 0.345. The van der Waals surface area contributed by atoms with Gasteiger partial charge in [-0.1, -0.05) is 23.8 Å². The van der Waals surface area contributed by atoms with Crippen LogP contribution in [0, 0.1) is 5.92 Å². The lowest BCUT2D eigenvalue weighted by atomic mass is 10.2. The number of rotatable bonds is 4. The monoisotopic (exact) mass is 241 g/mol. The molecule has 0 amide bonds. The lowest BCUT2D eigenvalue weighted by Gasteiger charge is -2.10. The van der Waals surface area contributed by atoms with Crippen LogP contribution in [0.5, 0.6) is 5.75 Å². The summed E-state index contributed by atoms with van der Waals surface area (Å²) in [5, 5.41) is 0.640. The summed E-state index contributed by atoms with van der Waals surface area (Å²) >= 11 is 10.8. The molecular weight excluding hydrogens is 230 g/mol. The van der Waals surface area contributed by atoms with Crippen LogP contribution in [0.25, 0.3) is 0 Å². The molecule has 0 heterocycles. The van der Waals surface area contributed by atoms with Crippen molar-refractivity contribution in [2.75, 3.05) is 6.61 Å². The van der Waals surface area contributed by atoms with Gasteiger partial charge in [0.25, 0.3) is 0 Å². The number of benzene rings is 1. The Kier molecular flexibility index (Phi) is 3.12. The van der Waals surface area contributed by atoms with Crippen molar-refractivity contribution < 1.29 is 4.74 Å². The second-order valence-electron chi connectivity index (χ2n) is 3.76. The molecule has 1 aliphatic rings. The lowest BCUT2D eigenvalue weighted by molar-refractivity contribution is 0.299. The van der Waals surface area contributed by atoms with E-state index in [4.69, 9.17) is 34.3 Å². The molecule has 1 saturated carbocycles. The average molecular weight is 242 g/mol. The summed E-state index contributed by atoms with van der Waals surface area (Å²) in [5.41, 5.74) is 6.35. The predicted octanol–water partition coefficient (Wildman–Crippen LogP) is 2.76.